The highest BCUT2D eigenvalue weighted by Gasteiger charge is 2.20. The van der Waals surface area contributed by atoms with E-state index in [2.05, 4.69) is 36.6 Å². The summed E-state index contributed by atoms with van der Waals surface area (Å²) >= 11 is 0. The minimum Gasteiger partial charge on any atom is -0.326 e. The van der Waals surface area contributed by atoms with Crippen molar-refractivity contribution in [3.8, 4) is 0 Å². The molecule has 1 fully saturated rings. The molecule has 1 aliphatic heterocycles. The van der Waals surface area contributed by atoms with Crippen molar-refractivity contribution >= 4 is 24.0 Å². The molecule has 4 heteroatoms. The molecule has 19 heavy (non-hydrogen) atoms. The lowest BCUT2D eigenvalue weighted by atomic mass is 9.98. The van der Waals surface area contributed by atoms with Crippen molar-refractivity contribution in [3.63, 3.8) is 0 Å². The number of amides is 1. The van der Waals surface area contributed by atoms with Crippen molar-refractivity contribution < 1.29 is 4.79 Å². The summed E-state index contributed by atoms with van der Waals surface area (Å²) in [6, 6.07) is 8.13. The largest absolute Gasteiger partial charge is 0.326 e. The Labute approximate surface area is 121 Å². The molecule has 2 rings (SSSR count). The number of halogens is 1. The molecular formula is C15H23ClN2O. The van der Waals surface area contributed by atoms with Gasteiger partial charge in [-0.25, -0.2) is 0 Å². The standard InChI is InChI=1S/C15H22N2O.ClH/c1-11(2)12-5-3-7-14(9-12)17-15(18)13-6-4-8-16-10-13;/h3,5,7,9,11,13,16H,4,6,8,10H2,1-2H3,(H,17,18);1H. The monoisotopic (exact) mass is 282 g/mol. The first-order valence-electron chi connectivity index (χ1n) is 6.78. The van der Waals surface area contributed by atoms with Gasteiger partial charge >= 0.3 is 0 Å². The van der Waals surface area contributed by atoms with Crippen LogP contribution in [0.5, 0.6) is 0 Å². The number of carbonyl (C=O) groups excluding carboxylic acids is 1. The first-order valence-corrected chi connectivity index (χ1v) is 6.78. The SMILES string of the molecule is CC(C)c1cccc(NC(=O)C2CCCNC2)c1.Cl. The molecule has 0 aliphatic carbocycles. The number of hydrogen-bond acceptors (Lipinski definition) is 2. The fourth-order valence-corrected chi connectivity index (χ4v) is 2.30. The van der Waals surface area contributed by atoms with Gasteiger partial charge in [-0.05, 0) is 43.0 Å². The first-order chi connectivity index (χ1) is 8.66. The van der Waals surface area contributed by atoms with Gasteiger partial charge in [0.2, 0.25) is 5.91 Å². The second-order valence-electron chi connectivity index (χ2n) is 5.31. The van der Waals surface area contributed by atoms with E-state index >= 15 is 0 Å². The highest BCUT2D eigenvalue weighted by atomic mass is 35.5. The Morgan fingerprint density at radius 3 is 2.84 bits per heavy atom. The highest BCUT2D eigenvalue weighted by Crippen LogP contribution is 2.20. The molecule has 0 spiro atoms. The van der Waals surface area contributed by atoms with E-state index in [-0.39, 0.29) is 24.2 Å². The van der Waals surface area contributed by atoms with Gasteiger partial charge in [-0.15, -0.1) is 12.4 Å². The van der Waals surface area contributed by atoms with Gasteiger partial charge in [-0.2, -0.15) is 0 Å². The van der Waals surface area contributed by atoms with Crippen molar-refractivity contribution in [1.82, 2.24) is 5.32 Å². The molecule has 1 aliphatic rings. The molecule has 1 unspecified atom stereocenters. The van der Waals surface area contributed by atoms with E-state index < -0.39 is 0 Å². The van der Waals surface area contributed by atoms with Gasteiger partial charge in [0.1, 0.15) is 0 Å². The Morgan fingerprint density at radius 2 is 2.21 bits per heavy atom. The summed E-state index contributed by atoms with van der Waals surface area (Å²) in [5.74, 6) is 0.739. The smallest absolute Gasteiger partial charge is 0.228 e. The fourth-order valence-electron chi connectivity index (χ4n) is 2.30. The molecular weight excluding hydrogens is 260 g/mol. The van der Waals surface area contributed by atoms with Crippen LogP contribution in [0.25, 0.3) is 0 Å². The normalized spacial score (nSPS) is 18.8. The molecule has 1 aromatic rings. The Kier molecular flexibility index (Phi) is 6.32. The summed E-state index contributed by atoms with van der Waals surface area (Å²) < 4.78 is 0. The van der Waals surface area contributed by atoms with Crippen molar-refractivity contribution in [2.45, 2.75) is 32.6 Å². The molecule has 1 aromatic carbocycles. The molecule has 0 saturated carbocycles. The van der Waals surface area contributed by atoms with Crippen molar-refractivity contribution in [2.24, 2.45) is 5.92 Å². The van der Waals surface area contributed by atoms with Crippen LogP contribution >= 0.6 is 12.4 Å². The second-order valence-corrected chi connectivity index (χ2v) is 5.31. The third-order valence-electron chi connectivity index (χ3n) is 3.49. The number of benzene rings is 1. The molecule has 0 radical (unpaired) electrons. The summed E-state index contributed by atoms with van der Waals surface area (Å²) in [5.41, 5.74) is 2.17. The van der Waals surface area contributed by atoms with E-state index in [1.165, 1.54) is 5.56 Å². The fraction of sp³-hybridized carbons (Fsp3) is 0.533. The van der Waals surface area contributed by atoms with Crippen molar-refractivity contribution in [2.75, 3.05) is 18.4 Å². The zero-order valence-corrected chi connectivity index (χ0v) is 12.4. The minimum atomic E-state index is 0. The van der Waals surface area contributed by atoms with Gasteiger partial charge in [0.25, 0.3) is 0 Å². The zero-order chi connectivity index (χ0) is 13.0. The number of hydrogen-bond donors (Lipinski definition) is 2. The predicted octanol–water partition coefficient (Wildman–Crippen LogP) is 3.17. The van der Waals surface area contributed by atoms with Crippen LogP contribution in [0.4, 0.5) is 5.69 Å². The topological polar surface area (TPSA) is 41.1 Å². The average Bonchev–Trinajstić information content (AvgIpc) is 2.40. The van der Waals surface area contributed by atoms with Gasteiger partial charge in [-0.1, -0.05) is 26.0 Å². The number of carbonyl (C=O) groups is 1. The Bertz CT molecular complexity index is 414. The first kappa shape index (κ1) is 16.0. The molecule has 1 atom stereocenters. The van der Waals surface area contributed by atoms with E-state index in [1.807, 2.05) is 12.1 Å². The van der Waals surface area contributed by atoms with Gasteiger partial charge in [0.05, 0.1) is 5.92 Å². The Hall–Kier alpha value is -1.06. The minimum absolute atomic E-state index is 0. The third-order valence-corrected chi connectivity index (χ3v) is 3.49. The summed E-state index contributed by atoms with van der Waals surface area (Å²) in [4.78, 5) is 12.1. The predicted molar refractivity (Wildman–Crippen MR) is 82.0 cm³/mol. The number of anilines is 1. The molecule has 0 aromatic heterocycles. The van der Waals surface area contributed by atoms with Gasteiger partial charge in [-0.3, -0.25) is 4.79 Å². The van der Waals surface area contributed by atoms with Crippen LogP contribution in [-0.2, 0) is 4.79 Å². The van der Waals surface area contributed by atoms with Crippen LogP contribution in [0.2, 0.25) is 0 Å². The summed E-state index contributed by atoms with van der Waals surface area (Å²) in [7, 11) is 0. The molecule has 106 valence electrons. The second kappa shape index (κ2) is 7.51. The Morgan fingerprint density at radius 1 is 1.42 bits per heavy atom. The molecule has 3 nitrogen and oxygen atoms in total. The van der Waals surface area contributed by atoms with Gasteiger partial charge < -0.3 is 10.6 Å². The van der Waals surface area contributed by atoms with Crippen LogP contribution < -0.4 is 10.6 Å². The molecule has 1 amide bonds. The molecule has 0 bridgehead atoms. The molecule has 1 heterocycles. The van der Waals surface area contributed by atoms with E-state index in [0.29, 0.717) is 5.92 Å². The van der Waals surface area contributed by atoms with Gasteiger partial charge in [0, 0.05) is 12.2 Å². The van der Waals surface area contributed by atoms with Gasteiger partial charge in [0.15, 0.2) is 0 Å². The van der Waals surface area contributed by atoms with Crippen LogP contribution in [0, 0.1) is 5.92 Å². The maximum atomic E-state index is 12.1. The highest BCUT2D eigenvalue weighted by molar-refractivity contribution is 5.92. The quantitative estimate of drug-likeness (QED) is 0.894. The lowest BCUT2D eigenvalue weighted by Gasteiger charge is -2.22. The molecule has 2 N–H and O–H groups in total. The number of nitrogens with one attached hydrogen (secondary N) is 2. The Balaban J connectivity index is 0.00000180. The summed E-state index contributed by atoms with van der Waals surface area (Å²) in [6.07, 6.45) is 2.08. The van der Waals surface area contributed by atoms with E-state index in [0.717, 1.165) is 31.6 Å². The third kappa shape index (κ3) is 4.51. The summed E-state index contributed by atoms with van der Waals surface area (Å²) in [5, 5.41) is 6.30. The number of piperidine rings is 1. The van der Waals surface area contributed by atoms with E-state index in [9.17, 15) is 4.79 Å². The average molecular weight is 283 g/mol. The van der Waals surface area contributed by atoms with E-state index in [1.54, 1.807) is 0 Å². The van der Waals surface area contributed by atoms with Crippen LogP contribution in [-0.4, -0.2) is 19.0 Å². The lowest BCUT2D eigenvalue weighted by Crippen LogP contribution is -2.37. The van der Waals surface area contributed by atoms with E-state index in [4.69, 9.17) is 0 Å². The van der Waals surface area contributed by atoms with Crippen molar-refractivity contribution in [1.29, 1.82) is 0 Å². The molecule has 1 saturated heterocycles. The zero-order valence-electron chi connectivity index (χ0n) is 11.6. The van der Waals surface area contributed by atoms with Crippen LogP contribution in [0.15, 0.2) is 24.3 Å². The van der Waals surface area contributed by atoms with Crippen LogP contribution in [0.3, 0.4) is 0 Å². The van der Waals surface area contributed by atoms with Crippen LogP contribution in [0.1, 0.15) is 38.2 Å². The maximum absolute atomic E-state index is 12.1. The maximum Gasteiger partial charge on any atom is 0.228 e. The lowest BCUT2D eigenvalue weighted by molar-refractivity contribution is -0.120. The summed E-state index contributed by atoms with van der Waals surface area (Å²) in [6.45, 7) is 6.15. The number of rotatable bonds is 3. The van der Waals surface area contributed by atoms with Crippen molar-refractivity contribution in [3.05, 3.63) is 29.8 Å².